The van der Waals surface area contributed by atoms with Crippen LogP contribution >= 0.6 is 0 Å². The summed E-state index contributed by atoms with van der Waals surface area (Å²) in [5.41, 5.74) is 0. The summed E-state index contributed by atoms with van der Waals surface area (Å²) < 4.78 is 20.2. The van der Waals surface area contributed by atoms with Gasteiger partial charge in [0.1, 0.15) is 6.17 Å². The predicted octanol–water partition coefficient (Wildman–Crippen LogP) is 0.404. The van der Waals surface area contributed by atoms with Crippen LogP contribution in [0.2, 0.25) is 0 Å². The quantitative estimate of drug-likeness (QED) is 0.434. The van der Waals surface area contributed by atoms with Crippen molar-refractivity contribution in [2.24, 2.45) is 5.92 Å². The topological polar surface area (TPSA) is 69.4 Å². The summed E-state index contributed by atoms with van der Waals surface area (Å²) in [6.07, 6.45) is 5.46. The molecule has 0 aromatic carbocycles. The number of alkyl halides is 1. The molecule has 0 aromatic rings. The first-order valence-corrected chi connectivity index (χ1v) is 10.2. The van der Waals surface area contributed by atoms with Crippen LogP contribution in [0.15, 0.2) is 0 Å². The summed E-state index contributed by atoms with van der Waals surface area (Å²) in [4.78, 5) is 0. The molecule has 3 heterocycles. The van der Waals surface area contributed by atoms with E-state index >= 15 is 0 Å². The van der Waals surface area contributed by atoms with E-state index in [4.69, 9.17) is 4.74 Å². The molecule has 2 bridgehead atoms. The van der Waals surface area contributed by atoms with Crippen LogP contribution in [0.5, 0.6) is 0 Å². The number of fused-ring (bicyclic) bond motifs is 2. The van der Waals surface area contributed by atoms with E-state index in [1.807, 2.05) is 0 Å². The van der Waals surface area contributed by atoms with E-state index in [9.17, 15) is 4.39 Å². The number of hydrogen-bond acceptors (Lipinski definition) is 6. The van der Waals surface area contributed by atoms with Gasteiger partial charge >= 0.3 is 0 Å². The van der Waals surface area contributed by atoms with Crippen molar-refractivity contribution in [1.82, 2.24) is 26.6 Å². The lowest BCUT2D eigenvalue weighted by molar-refractivity contribution is -0.0400. The van der Waals surface area contributed by atoms with Crippen molar-refractivity contribution >= 4 is 0 Å². The van der Waals surface area contributed by atoms with Gasteiger partial charge in [-0.3, -0.25) is 21.3 Å². The first kappa shape index (κ1) is 18.1. The second-order valence-corrected chi connectivity index (χ2v) is 8.24. The fourth-order valence-electron chi connectivity index (χ4n) is 5.14. The molecule has 1 aliphatic carbocycles. The van der Waals surface area contributed by atoms with Gasteiger partial charge < -0.3 is 10.1 Å². The highest BCUT2D eigenvalue weighted by molar-refractivity contribution is 5.00. The van der Waals surface area contributed by atoms with Crippen molar-refractivity contribution < 1.29 is 9.13 Å². The van der Waals surface area contributed by atoms with E-state index in [0.29, 0.717) is 24.9 Å². The fourth-order valence-corrected chi connectivity index (χ4v) is 5.14. The number of rotatable bonds is 0. The van der Waals surface area contributed by atoms with Gasteiger partial charge in [-0.1, -0.05) is 0 Å². The van der Waals surface area contributed by atoms with Gasteiger partial charge in [-0.05, 0) is 52.0 Å². The second kappa shape index (κ2) is 8.15. The highest BCUT2D eigenvalue weighted by Crippen LogP contribution is 2.32. The zero-order valence-electron chi connectivity index (χ0n) is 15.3. The summed E-state index contributed by atoms with van der Waals surface area (Å²) in [6.45, 7) is 4.76. The molecule has 144 valence electrons. The first-order chi connectivity index (χ1) is 12.2. The molecule has 7 heteroatoms. The minimum Gasteiger partial charge on any atom is -0.378 e. The molecule has 8 atom stereocenters. The lowest BCUT2D eigenvalue weighted by Gasteiger charge is -2.47. The fraction of sp³-hybridized carbons (Fsp3) is 1.00. The molecule has 4 aliphatic rings. The van der Waals surface area contributed by atoms with Crippen LogP contribution in [0.3, 0.4) is 0 Å². The van der Waals surface area contributed by atoms with Gasteiger partial charge in [-0.2, -0.15) is 0 Å². The Morgan fingerprint density at radius 1 is 1.00 bits per heavy atom. The van der Waals surface area contributed by atoms with Gasteiger partial charge in [0, 0.05) is 31.3 Å². The van der Waals surface area contributed by atoms with Crippen LogP contribution in [0.25, 0.3) is 0 Å². The minimum atomic E-state index is -0.675. The SMILES string of the molecule is CC1N[C@H]2CCC3NCNC(NCCCOC4CCC(F)CC14)C3N2. The lowest BCUT2D eigenvalue weighted by Crippen LogP contribution is -2.74. The van der Waals surface area contributed by atoms with E-state index < -0.39 is 6.17 Å². The molecule has 6 nitrogen and oxygen atoms in total. The van der Waals surface area contributed by atoms with E-state index in [-0.39, 0.29) is 30.4 Å². The van der Waals surface area contributed by atoms with Crippen molar-refractivity contribution in [2.75, 3.05) is 19.8 Å². The van der Waals surface area contributed by atoms with Crippen molar-refractivity contribution in [3.05, 3.63) is 0 Å². The number of piperidine rings is 1. The number of nitrogens with one attached hydrogen (secondary N) is 5. The Bertz CT molecular complexity index is 442. The Labute approximate surface area is 150 Å². The van der Waals surface area contributed by atoms with Crippen LogP contribution in [0.1, 0.15) is 45.4 Å². The van der Waals surface area contributed by atoms with Crippen LogP contribution in [0, 0.1) is 5.92 Å². The monoisotopic (exact) mass is 355 g/mol. The average molecular weight is 356 g/mol. The molecule has 0 spiro atoms. The van der Waals surface area contributed by atoms with E-state index in [0.717, 1.165) is 45.5 Å². The summed E-state index contributed by atoms with van der Waals surface area (Å²) in [5, 5.41) is 18.3. The maximum absolute atomic E-state index is 14.0. The maximum Gasteiger partial charge on any atom is 0.101 e. The zero-order chi connectivity index (χ0) is 17.2. The van der Waals surface area contributed by atoms with Gasteiger partial charge in [-0.25, -0.2) is 4.39 Å². The zero-order valence-corrected chi connectivity index (χ0v) is 15.3. The van der Waals surface area contributed by atoms with Crippen molar-refractivity contribution in [3.63, 3.8) is 0 Å². The molecule has 0 aromatic heterocycles. The highest BCUT2D eigenvalue weighted by atomic mass is 19.1. The van der Waals surface area contributed by atoms with E-state index in [1.165, 1.54) is 0 Å². The number of ether oxygens (including phenoxy) is 1. The molecule has 3 aliphatic heterocycles. The van der Waals surface area contributed by atoms with E-state index in [1.54, 1.807) is 0 Å². The van der Waals surface area contributed by atoms with Gasteiger partial charge in [0.05, 0.1) is 24.5 Å². The van der Waals surface area contributed by atoms with Crippen molar-refractivity contribution in [2.45, 2.75) is 88.2 Å². The van der Waals surface area contributed by atoms with Crippen LogP contribution < -0.4 is 26.6 Å². The Hall–Kier alpha value is -0.310. The van der Waals surface area contributed by atoms with E-state index in [2.05, 4.69) is 33.5 Å². The third kappa shape index (κ3) is 4.17. The third-order valence-corrected chi connectivity index (χ3v) is 6.53. The van der Waals surface area contributed by atoms with Gasteiger partial charge in [0.25, 0.3) is 0 Å². The van der Waals surface area contributed by atoms with Crippen molar-refractivity contribution in [3.8, 4) is 0 Å². The molecule has 3 saturated heterocycles. The number of halogens is 1. The average Bonchev–Trinajstić information content (AvgIpc) is 2.63. The Morgan fingerprint density at radius 2 is 1.92 bits per heavy atom. The van der Waals surface area contributed by atoms with Crippen LogP contribution in [-0.4, -0.2) is 62.6 Å². The van der Waals surface area contributed by atoms with Crippen molar-refractivity contribution in [1.29, 1.82) is 0 Å². The summed E-state index contributed by atoms with van der Waals surface area (Å²) in [7, 11) is 0. The summed E-state index contributed by atoms with van der Waals surface area (Å²) >= 11 is 0. The molecule has 7 unspecified atom stereocenters. The Morgan fingerprint density at radius 3 is 2.84 bits per heavy atom. The Kier molecular flexibility index (Phi) is 5.89. The molecule has 1 saturated carbocycles. The minimum absolute atomic E-state index is 0.189. The number of hydrogen-bond donors (Lipinski definition) is 5. The smallest absolute Gasteiger partial charge is 0.101 e. The molecule has 0 radical (unpaired) electrons. The standard InChI is InChI=1S/C18H34FN5O/c1-11-13-9-12(19)3-5-15(13)25-8-2-7-20-18-17-14(21-10-22-18)4-6-16(23-11)24-17/h11-18,20-24H,2-10H2,1H3/t11?,12?,13?,14?,15?,16-,17?,18?/m1/s1. The predicted molar refractivity (Wildman–Crippen MR) is 95.9 cm³/mol. The van der Waals surface area contributed by atoms with Gasteiger partial charge in [-0.15, -0.1) is 0 Å². The van der Waals surface area contributed by atoms with Gasteiger partial charge in [0.2, 0.25) is 0 Å². The molecule has 25 heavy (non-hydrogen) atoms. The third-order valence-electron chi connectivity index (χ3n) is 6.53. The molecule has 4 rings (SSSR count). The van der Waals surface area contributed by atoms with Crippen LogP contribution in [0.4, 0.5) is 4.39 Å². The maximum atomic E-state index is 14.0. The van der Waals surface area contributed by atoms with Gasteiger partial charge in [0.15, 0.2) is 0 Å². The molecule has 4 fully saturated rings. The lowest BCUT2D eigenvalue weighted by atomic mass is 9.80. The molecular weight excluding hydrogens is 321 g/mol. The summed E-state index contributed by atoms with van der Waals surface area (Å²) in [6, 6.07) is 1.13. The largest absolute Gasteiger partial charge is 0.378 e. The van der Waals surface area contributed by atoms with Crippen LogP contribution in [-0.2, 0) is 4.74 Å². The normalized spacial score (nSPS) is 49.2. The summed E-state index contributed by atoms with van der Waals surface area (Å²) in [5.74, 6) is 0.260. The molecule has 0 amide bonds. The second-order valence-electron chi connectivity index (χ2n) is 8.24. The first-order valence-electron chi connectivity index (χ1n) is 10.2. The molecular formula is C18H34FN5O. The molecule has 5 N–H and O–H groups in total. The Balaban J connectivity index is 1.48. The highest BCUT2D eigenvalue weighted by Gasteiger charge is 2.40.